The number of nitro groups is 1. The molecule has 7 heteroatoms. The van der Waals surface area contributed by atoms with E-state index in [0.717, 1.165) is 17.7 Å². The number of rotatable bonds is 4. The predicted molar refractivity (Wildman–Crippen MR) is 77.0 cm³/mol. The molecule has 1 aromatic heterocycles. The van der Waals surface area contributed by atoms with Crippen molar-refractivity contribution in [2.75, 3.05) is 5.32 Å². The van der Waals surface area contributed by atoms with Crippen LogP contribution in [0.1, 0.15) is 18.5 Å². The van der Waals surface area contributed by atoms with Gasteiger partial charge in [-0.3, -0.25) is 15.1 Å². The van der Waals surface area contributed by atoms with E-state index in [1.807, 2.05) is 6.92 Å². The van der Waals surface area contributed by atoms with Gasteiger partial charge in [0.15, 0.2) is 0 Å². The number of nitrogens with one attached hydrogen (secondary N) is 1. The van der Waals surface area contributed by atoms with Crippen molar-refractivity contribution in [1.29, 1.82) is 0 Å². The molecule has 0 spiro atoms. The Hall–Kier alpha value is -2.02. The third kappa shape index (κ3) is 3.11. The van der Waals surface area contributed by atoms with Gasteiger partial charge < -0.3 is 5.32 Å². The van der Waals surface area contributed by atoms with Crippen LogP contribution in [-0.4, -0.2) is 9.91 Å². The summed E-state index contributed by atoms with van der Waals surface area (Å²) >= 11 is 2.94. The van der Waals surface area contributed by atoms with E-state index in [9.17, 15) is 14.5 Å². The first-order valence-electron chi connectivity index (χ1n) is 5.79. The summed E-state index contributed by atoms with van der Waals surface area (Å²) in [6.07, 6.45) is 3.26. The molecule has 1 aromatic carbocycles. The van der Waals surface area contributed by atoms with E-state index in [4.69, 9.17) is 0 Å². The zero-order chi connectivity index (χ0) is 14.7. The first-order chi connectivity index (χ1) is 9.49. The second kappa shape index (κ2) is 5.96. The number of aromatic nitrogens is 1. The van der Waals surface area contributed by atoms with Gasteiger partial charge in [0, 0.05) is 30.6 Å². The summed E-state index contributed by atoms with van der Waals surface area (Å²) < 4.78 is 13.6. The van der Waals surface area contributed by atoms with E-state index >= 15 is 0 Å². The standard InChI is InChI=1S/C13H11BrFN3O2/c1-8(9-2-4-16-5-3-9)17-12-7-11(15)10(14)6-13(12)18(19)20/h2-8,17H,1H3. The first-order valence-corrected chi connectivity index (χ1v) is 6.58. The maximum Gasteiger partial charge on any atom is 0.293 e. The second-order valence-electron chi connectivity index (χ2n) is 4.19. The van der Waals surface area contributed by atoms with Crippen LogP contribution in [-0.2, 0) is 0 Å². The van der Waals surface area contributed by atoms with Crippen LogP contribution in [0.3, 0.4) is 0 Å². The van der Waals surface area contributed by atoms with Gasteiger partial charge in [-0.15, -0.1) is 0 Å². The maximum atomic E-state index is 13.6. The van der Waals surface area contributed by atoms with Crippen molar-refractivity contribution in [3.63, 3.8) is 0 Å². The van der Waals surface area contributed by atoms with Gasteiger partial charge in [-0.05, 0) is 40.5 Å². The Balaban J connectivity index is 2.33. The number of halogens is 2. The summed E-state index contributed by atoms with van der Waals surface area (Å²) in [4.78, 5) is 14.4. The van der Waals surface area contributed by atoms with Crippen LogP contribution in [0.4, 0.5) is 15.8 Å². The SMILES string of the molecule is CC(Nc1cc(F)c(Br)cc1[N+](=O)[O-])c1ccncc1. The van der Waals surface area contributed by atoms with Crippen LogP contribution in [0, 0.1) is 15.9 Å². The molecular weight excluding hydrogens is 329 g/mol. The molecule has 1 N–H and O–H groups in total. The minimum Gasteiger partial charge on any atom is -0.373 e. The number of pyridine rings is 1. The Kier molecular flexibility index (Phi) is 4.29. The quantitative estimate of drug-likeness (QED) is 0.673. The smallest absolute Gasteiger partial charge is 0.293 e. The lowest BCUT2D eigenvalue weighted by atomic mass is 10.1. The summed E-state index contributed by atoms with van der Waals surface area (Å²) in [6, 6.07) is 5.63. The van der Waals surface area contributed by atoms with Crippen molar-refractivity contribution in [3.8, 4) is 0 Å². The zero-order valence-electron chi connectivity index (χ0n) is 10.5. The predicted octanol–water partition coefficient (Wildman–Crippen LogP) is 4.06. The van der Waals surface area contributed by atoms with E-state index < -0.39 is 10.7 Å². The van der Waals surface area contributed by atoms with Crippen molar-refractivity contribution < 1.29 is 9.31 Å². The van der Waals surface area contributed by atoms with Gasteiger partial charge in [0.2, 0.25) is 0 Å². The fraction of sp³-hybridized carbons (Fsp3) is 0.154. The average molecular weight is 340 g/mol. The molecule has 5 nitrogen and oxygen atoms in total. The Morgan fingerprint density at radius 1 is 1.40 bits per heavy atom. The molecule has 0 saturated carbocycles. The lowest BCUT2D eigenvalue weighted by Gasteiger charge is -2.15. The van der Waals surface area contributed by atoms with Gasteiger partial charge >= 0.3 is 0 Å². The first kappa shape index (κ1) is 14.4. The summed E-state index contributed by atoms with van der Waals surface area (Å²) in [5.74, 6) is -0.556. The van der Waals surface area contributed by atoms with Crippen molar-refractivity contribution in [2.24, 2.45) is 0 Å². The highest BCUT2D eigenvalue weighted by Gasteiger charge is 2.19. The van der Waals surface area contributed by atoms with Crippen molar-refractivity contribution in [3.05, 3.63) is 62.6 Å². The Morgan fingerprint density at radius 3 is 2.65 bits per heavy atom. The van der Waals surface area contributed by atoms with Gasteiger partial charge in [-0.1, -0.05) is 0 Å². The molecule has 2 aromatic rings. The van der Waals surface area contributed by atoms with E-state index in [1.54, 1.807) is 24.5 Å². The van der Waals surface area contributed by atoms with Crippen LogP contribution in [0.2, 0.25) is 0 Å². The molecule has 0 fully saturated rings. The molecule has 0 aliphatic heterocycles. The molecule has 1 heterocycles. The van der Waals surface area contributed by atoms with Crippen molar-refractivity contribution in [1.82, 2.24) is 4.98 Å². The minimum absolute atomic E-state index is 0.0614. The molecule has 0 aliphatic carbocycles. The van der Waals surface area contributed by atoms with Gasteiger partial charge in [0.25, 0.3) is 5.69 Å². The normalized spacial score (nSPS) is 11.9. The molecule has 0 aliphatic rings. The van der Waals surface area contributed by atoms with E-state index in [2.05, 4.69) is 26.2 Å². The monoisotopic (exact) mass is 339 g/mol. The Bertz CT molecular complexity index is 637. The van der Waals surface area contributed by atoms with Crippen LogP contribution in [0.15, 0.2) is 41.1 Å². The lowest BCUT2D eigenvalue weighted by molar-refractivity contribution is -0.384. The van der Waals surface area contributed by atoms with Crippen molar-refractivity contribution >= 4 is 27.3 Å². The maximum absolute atomic E-state index is 13.6. The van der Waals surface area contributed by atoms with E-state index in [0.29, 0.717) is 0 Å². The molecule has 0 saturated heterocycles. The number of nitro benzene ring substituents is 1. The Labute approximate surface area is 123 Å². The highest BCUT2D eigenvalue weighted by atomic mass is 79.9. The molecule has 104 valence electrons. The third-order valence-corrected chi connectivity index (χ3v) is 3.42. The van der Waals surface area contributed by atoms with Gasteiger partial charge in [-0.2, -0.15) is 0 Å². The molecule has 1 unspecified atom stereocenters. The van der Waals surface area contributed by atoms with Gasteiger partial charge in [-0.25, -0.2) is 4.39 Å². The fourth-order valence-electron chi connectivity index (χ4n) is 1.77. The highest BCUT2D eigenvalue weighted by Crippen LogP contribution is 2.32. The molecule has 1 atom stereocenters. The summed E-state index contributed by atoms with van der Waals surface area (Å²) in [5, 5.41) is 14.0. The van der Waals surface area contributed by atoms with Crippen LogP contribution < -0.4 is 5.32 Å². The van der Waals surface area contributed by atoms with Crippen molar-refractivity contribution in [2.45, 2.75) is 13.0 Å². The topological polar surface area (TPSA) is 68.1 Å². The van der Waals surface area contributed by atoms with Crippen LogP contribution in [0.5, 0.6) is 0 Å². The summed E-state index contributed by atoms with van der Waals surface area (Å²) in [5.41, 5.74) is 0.858. The summed E-state index contributed by atoms with van der Waals surface area (Å²) in [6.45, 7) is 1.83. The number of benzene rings is 1. The molecule has 0 amide bonds. The largest absolute Gasteiger partial charge is 0.373 e. The number of hydrogen-bond acceptors (Lipinski definition) is 4. The summed E-state index contributed by atoms with van der Waals surface area (Å²) in [7, 11) is 0. The Morgan fingerprint density at radius 2 is 2.05 bits per heavy atom. The molecule has 0 radical (unpaired) electrons. The zero-order valence-corrected chi connectivity index (χ0v) is 12.1. The van der Waals surface area contributed by atoms with Gasteiger partial charge in [0.05, 0.1) is 9.40 Å². The van der Waals surface area contributed by atoms with Crippen LogP contribution >= 0.6 is 15.9 Å². The molecule has 2 rings (SSSR count). The van der Waals surface area contributed by atoms with Gasteiger partial charge in [0.1, 0.15) is 11.5 Å². The van der Waals surface area contributed by atoms with E-state index in [-0.39, 0.29) is 21.9 Å². The molecule has 0 bridgehead atoms. The number of nitrogens with zero attached hydrogens (tertiary/aromatic N) is 2. The lowest BCUT2D eigenvalue weighted by Crippen LogP contribution is -2.09. The van der Waals surface area contributed by atoms with E-state index in [1.165, 1.54) is 0 Å². The van der Waals surface area contributed by atoms with Crippen LogP contribution in [0.25, 0.3) is 0 Å². The number of hydrogen-bond donors (Lipinski definition) is 1. The molecule has 20 heavy (non-hydrogen) atoms. The highest BCUT2D eigenvalue weighted by molar-refractivity contribution is 9.10. The molecular formula is C13H11BrFN3O2. The fourth-order valence-corrected chi connectivity index (χ4v) is 2.10. The minimum atomic E-state index is -0.556. The number of anilines is 1. The second-order valence-corrected chi connectivity index (χ2v) is 5.04. The third-order valence-electron chi connectivity index (χ3n) is 2.81. The average Bonchev–Trinajstić information content (AvgIpc) is 2.43.